The number of rotatable bonds is 9. The van der Waals surface area contributed by atoms with Crippen LogP contribution in [-0.2, 0) is 4.79 Å². The highest BCUT2D eigenvalue weighted by Gasteiger charge is 2.41. The van der Waals surface area contributed by atoms with Gasteiger partial charge in [-0.05, 0) is 44.4 Å². The molecule has 19 heavy (non-hydrogen) atoms. The van der Waals surface area contributed by atoms with Gasteiger partial charge in [-0.1, -0.05) is 13.3 Å². The first-order valence-electron chi connectivity index (χ1n) is 7.23. The van der Waals surface area contributed by atoms with E-state index in [0.717, 1.165) is 13.0 Å². The summed E-state index contributed by atoms with van der Waals surface area (Å²) in [6, 6.07) is -0.120. The van der Waals surface area contributed by atoms with Crippen LogP contribution in [0.5, 0.6) is 0 Å². The first-order chi connectivity index (χ1) is 8.97. The van der Waals surface area contributed by atoms with Gasteiger partial charge in [0.15, 0.2) is 0 Å². The highest BCUT2D eigenvalue weighted by atomic mass is 16.4. The van der Waals surface area contributed by atoms with Gasteiger partial charge in [-0.15, -0.1) is 0 Å². The number of carbonyl (C=O) groups is 2. The molecule has 0 aromatic rings. The average molecular weight is 270 g/mol. The lowest BCUT2D eigenvalue weighted by Gasteiger charge is -2.18. The molecule has 3 N–H and O–H groups in total. The maximum Gasteiger partial charge on any atom is 0.315 e. The standard InChI is InChI=1S/C14H26N2O3/c1-3-7-14(8-9-14)10-15-13(19)16-11(2)5-4-6-12(17)18/h11H,3-10H2,1-2H3,(H,17,18)(H2,15,16,19). The third kappa shape index (κ3) is 6.45. The molecule has 0 saturated heterocycles. The number of amides is 2. The molecule has 0 spiro atoms. The third-order valence-corrected chi connectivity index (χ3v) is 3.77. The summed E-state index contributed by atoms with van der Waals surface area (Å²) in [7, 11) is 0. The number of hydrogen-bond donors (Lipinski definition) is 3. The number of hydrogen-bond acceptors (Lipinski definition) is 2. The van der Waals surface area contributed by atoms with Gasteiger partial charge in [0.2, 0.25) is 0 Å². The number of urea groups is 1. The molecule has 0 aromatic heterocycles. The van der Waals surface area contributed by atoms with Gasteiger partial charge in [0.25, 0.3) is 0 Å². The van der Waals surface area contributed by atoms with E-state index in [2.05, 4.69) is 17.6 Å². The molecule has 0 radical (unpaired) electrons. The van der Waals surface area contributed by atoms with Gasteiger partial charge in [0, 0.05) is 19.0 Å². The molecule has 1 aliphatic rings. The van der Waals surface area contributed by atoms with Crippen molar-refractivity contribution in [3.63, 3.8) is 0 Å². The van der Waals surface area contributed by atoms with Gasteiger partial charge >= 0.3 is 12.0 Å². The Kier molecular flexibility index (Phi) is 6.12. The number of carboxylic acid groups (broad SMARTS) is 1. The lowest BCUT2D eigenvalue weighted by atomic mass is 10.0. The van der Waals surface area contributed by atoms with Crippen molar-refractivity contribution in [1.82, 2.24) is 10.6 Å². The van der Waals surface area contributed by atoms with Crippen LogP contribution < -0.4 is 10.6 Å². The summed E-state index contributed by atoms with van der Waals surface area (Å²) < 4.78 is 0. The molecule has 1 unspecified atom stereocenters. The molecule has 1 aliphatic carbocycles. The quantitative estimate of drug-likeness (QED) is 0.602. The van der Waals surface area contributed by atoms with E-state index < -0.39 is 5.97 Å². The van der Waals surface area contributed by atoms with Crippen molar-refractivity contribution in [2.45, 2.75) is 64.8 Å². The first-order valence-corrected chi connectivity index (χ1v) is 7.23. The minimum Gasteiger partial charge on any atom is -0.481 e. The smallest absolute Gasteiger partial charge is 0.315 e. The van der Waals surface area contributed by atoms with Gasteiger partial charge < -0.3 is 15.7 Å². The Morgan fingerprint density at radius 1 is 1.37 bits per heavy atom. The summed E-state index contributed by atoms with van der Waals surface area (Å²) in [5, 5.41) is 14.3. The van der Waals surface area contributed by atoms with Crippen LogP contribution in [0, 0.1) is 5.41 Å². The normalized spacial score (nSPS) is 17.6. The predicted octanol–water partition coefficient (Wildman–Crippen LogP) is 2.51. The minimum absolute atomic E-state index is 0.0145. The van der Waals surface area contributed by atoms with Crippen molar-refractivity contribution in [2.75, 3.05) is 6.54 Å². The van der Waals surface area contributed by atoms with Crippen LogP contribution in [0.3, 0.4) is 0 Å². The van der Waals surface area contributed by atoms with Crippen molar-refractivity contribution in [3.8, 4) is 0 Å². The van der Waals surface area contributed by atoms with Gasteiger partial charge in [-0.2, -0.15) is 0 Å². The summed E-state index contributed by atoms with van der Waals surface area (Å²) in [4.78, 5) is 22.1. The third-order valence-electron chi connectivity index (χ3n) is 3.77. The van der Waals surface area contributed by atoms with E-state index in [4.69, 9.17) is 5.11 Å². The lowest BCUT2D eigenvalue weighted by molar-refractivity contribution is -0.137. The molecule has 0 heterocycles. The van der Waals surface area contributed by atoms with Crippen molar-refractivity contribution in [3.05, 3.63) is 0 Å². The van der Waals surface area contributed by atoms with Crippen LogP contribution in [0.1, 0.15) is 58.8 Å². The summed E-state index contributed by atoms with van der Waals surface area (Å²) in [6.07, 6.45) is 6.23. The zero-order chi connectivity index (χ0) is 14.3. The largest absolute Gasteiger partial charge is 0.481 e. The predicted molar refractivity (Wildman–Crippen MR) is 74.1 cm³/mol. The Labute approximate surface area is 115 Å². The van der Waals surface area contributed by atoms with Crippen molar-refractivity contribution in [1.29, 1.82) is 0 Å². The molecule has 1 rings (SSSR count). The summed E-state index contributed by atoms with van der Waals surface area (Å²) in [5.74, 6) is -0.785. The second kappa shape index (κ2) is 7.36. The molecule has 5 nitrogen and oxygen atoms in total. The van der Waals surface area contributed by atoms with E-state index in [-0.39, 0.29) is 18.5 Å². The number of carboxylic acids is 1. The molecule has 0 aliphatic heterocycles. The Balaban J connectivity index is 2.11. The van der Waals surface area contributed by atoms with Crippen molar-refractivity contribution >= 4 is 12.0 Å². The molecule has 0 aromatic carbocycles. The fourth-order valence-electron chi connectivity index (χ4n) is 2.40. The van der Waals surface area contributed by atoms with Gasteiger partial charge in [0.1, 0.15) is 0 Å². The average Bonchev–Trinajstić information content (AvgIpc) is 3.07. The molecular formula is C14H26N2O3. The molecular weight excluding hydrogens is 244 g/mol. The SMILES string of the molecule is CCCC1(CNC(=O)NC(C)CCCC(=O)O)CC1. The molecule has 2 amide bonds. The number of carbonyl (C=O) groups excluding carboxylic acids is 1. The van der Waals surface area contributed by atoms with Gasteiger partial charge in [-0.25, -0.2) is 4.79 Å². The van der Waals surface area contributed by atoms with Crippen LogP contribution in [0.4, 0.5) is 4.79 Å². The van der Waals surface area contributed by atoms with Crippen LogP contribution in [0.15, 0.2) is 0 Å². The molecule has 5 heteroatoms. The fraction of sp³-hybridized carbons (Fsp3) is 0.857. The fourth-order valence-corrected chi connectivity index (χ4v) is 2.40. The van der Waals surface area contributed by atoms with E-state index in [0.29, 0.717) is 18.3 Å². The van der Waals surface area contributed by atoms with Gasteiger partial charge in [-0.3, -0.25) is 4.79 Å². The molecule has 1 saturated carbocycles. The maximum atomic E-state index is 11.7. The van der Waals surface area contributed by atoms with E-state index in [1.54, 1.807) is 0 Å². The summed E-state index contributed by atoms with van der Waals surface area (Å²) >= 11 is 0. The maximum absolute atomic E-state index is 11.7. The minimum atomic E-state index is -0.785. The Morgan fingerprint density at radius 3 is 2.58 bits per heavy atom. The monoisotopic (exact) mass is 270 g/mol. The Hall–Kier alpha value is -1.26. The highest BCUT2D eigenvalue weighted by molar-refractivity contribution is 5.74. The van der Waals surface area contributed by atoms with E-state index in [1.807, 2.05) is 6.92 Å². The lowest BCUT2D eigenvalue weighted by Crippen LogP contribution is -2.42. The Morgan fingerprint density at radius 2 is 2.05 bits per heavy atom. The topological polar surface area (TPSA) is 78.4 Å². The highest BCUT2D eigenvalue weighted by Crippen LogP contribution is 2.48. The summed E-state index contributed by atoms with van der Waals surface area (Å²) in [6.45, 7) is 4.83. The number of aliphatic carboxylic acids is 1. The zero-order valence-electron chi connectivity index (χ0n) is 12.0. The first kappa shape index (κ1) is 15.8. The van der Waals surface area contributed by atoms with E-state index >= 15 is 0 Å². The van der Waals surface area contributed by atoms with E-state index in [1.165, 1.54) is 19.3 Å². The van der Waals surface area contributed by atoms with Crippen LogP contribution in [0.2, 0.25) is 0 Å². The van der Waals surface area contributed by atoms with Crippen LogP contribution in [-0.4, -0.2) is 29.7 Å². The van der Waals surface area contributed by atoms with Gasteiger partial charge in [0.05, 0.1) is 0 Å². The van der Waals surface area contributed by atoms with Crippen molar-refractivity contribution in [2.24, 2.45) is 5.41 Å². The Bertz CT molecular complexity index is 314. The second-order valence-electron chi connectivity index (χ2n) is 5.76. The number of nitrogens with one attached hydrogen (secondary N) is 2. The molecule has 1 atom stereocenters. The van der Waals surface area contributed by atoms with Crippen molar-refractivity contribution < 1.29 is 14.7 Å². The molecule has 1 fully saturated rings. The zero-order valence-corrected chi connectivity index (χ0v) is 12.0. The molecule has 110 valence electrons. The van der Waals surface area contributed by atoms with Crippen LogP contribution >= 0.6 is 0 Å². The summed E-state index contributed by atoms with van der Waals surface area (Å²) in [5.41, 5.74) is 0.360. The van der Waals surface area contributed by atoms with E-state index in [9.17, 15) is 9.59 Å². The second-order valence-corrected chi connectivity index (χ2v) is 5.76. The molecule has 0 bridgehead atoms. The van der Waals surface area contributed by atoms with Crippen LogP contribution in [0.25, 0.3) is 0 Å².